The maximum absolute atomic E-state index is 15.6. The number of aryl methyl sites for hydroxylation is 1. The monoisotopic (exact) mass is 1040 g/mol. The maximum atomic E-state index is 15.6. The van der Waals surface area contributed by atoms with Crippen LogP contribution in [0.25, 0.3) is 0 Å². The van der Waals surface area contributed by atoms with E-state index in [0.717, 1.165) is 16.0 Å². The molecule has 7 aromatic carbocycles. The molecule has 0 aliphatic carbocycles. The highest BCUT2D eigenvalue weighted by atomic mass is 32.2. The van der Waals surface area contributed by atoms with Gasteiger partial charge < -0.3 is 19.5 Å². The van der Waals surface area contributed by atoms with Crippen LogP contribution in [-0.4, -0.2) is 80.3 Å². The average Bonchev–Trinajstić information content (AvgIpc) is 3.45. The Morgan fingerprint density at radius 1 is 0.553 bits per heavy atom. The van der Waals surface area contributed by atoms with Crippen molar-refractivity contribution >= 4 is 45.7 Å². The normalized spacial score (nSPS) is 15.7. The van der Waals surface area contributed by atoms with Gasteiger partial charge in [0.15, 0.2) is 0 Å². The Kier molecular flexibility index (Phi) is 18.1. The molecule has 0 saturated carbocycles. The first-order valence-corrected chi connectivity index (χ1v) is 26.4. The van der Waals surface area contributed by atoms with E-state index in [0.29, 0.717) is 11.1 Å². The third-order valence-corrected chi connectivity index (χ3v) is 14.7. The number of nitrogens with zero attached hydrogens (tertiary/aromatic N) is 1. The SMILES string of the molecule is Cc1ccc(S(=O)(=O)NC(COC(=O)c2ccccc2)C(Cc2ccccc2)C(=O)NC(COC(=O)c2ccccc2)C(Cc2ccccc2)C(=O)N2C(=O)[C@@H](Cc3ccccc3)[C@H]2CC(=O)Oc2ccccc2)cc1. The number of amides is 3. The van der Waals surface area contributed by atoms with E-state index < -0.39 is 94.7 Å². The summed E-state index contributed by atoms with van der Waals surface area (Å²) in [6.07, 6.45) is -0.350. The number of para-hydroxylation sites is 1. The summed E-state index contributed by atoms with van der Waals surface area (Å²) >= 11 is 0. The topological polar surface area (TPSA) is 192 Å². The number of carbonyl (C=O) groups is 6. The van der Waals surface area contributed by atoms with Crippen molar-refractivity contribution in [1.82, 2.24) is 14.9 Å². The molecule has 2 N–H and O–H groups in total. The molecule has 3 amide bonds. The van der Waals surface area contributed by atoms with Crippen molar-refractivity contribution in [1.29, 1.82) is 0 Å². The number of sulfonamides is 1. The number of imide groups is 1. The summed E-state index contributed by atoms with van der Waals surface area (Å²) in [6, 6.07) is 53.8. The molecule has 76 heavy (non-hydrogen) atoms. The van der Waals surface area contributed by atoms with E-state index >= 15 is 9.59 Å². The molecule has 0 aromatic heterocycles. The van der Waals surface area contributed by atoms with Crippen LogP contribution in [0.2, 0.25) is 0 Å². The lowest BCUT2D eigenvalue weighted by Gasteiger charge is -2.47. The Labute approximate surface area is 442 Å². The van der Waals surface area contributed by atoms with Gasteiger partial charge in [-0.05, 0) is 91.4 Å². The largest absolute Gasteiger partial charge is 0.460 e. The first-order chi connectivity index (χ1) is 36.8. The van der Waals surface area contributed by atoms with E-state index in [4.69, 9.17) is 14.2 Å². The Hall–Kier alpha value is -8.53. The number of hydrogen-bond acceptors (Lipinski definition) is 11. The fraction of sp³-hybridized carbons (Fsp3) is 0.213. The van der Waals surface area contributed by atoms with E-state index in [2.05, 4.69) is 10.0 Å². The minimum absolute atomic E-state index is 0.0939. The molecule has 8 rings (SSSR count). The summed E-state index contributed by atoms with van der Waals surface area (Å²) in [4.78, 5) is 87.8. The summed E-state index contributed by atoms with van der Waals surface area (Å²) in [5.41, 5.74) is 3.22. The minimum atomic E-state index is -4.41. The van der Waals surface area contributed by atoms with E-state index in [-0.39, 0.29) is 47.5 Å². The first-order valence-electron chi connectivity index (χ1n) is 24.9. The van der Waals surface area contributed by atoms with Gasteiger partial charge in [-0.1, -0.05) is 163 Å². The Morgan fingerprint density at radius 3 is 1.51 bits per heavy atom. The van der Waals surface area contributed by atoms with Crippen LogP contribution in [0.5, 0.6) is 5.75 Å². The highest BCUT2D eigenvalue weighted by molar-refractivity contribution is 7.89. The molecule has 7 aromatic rings. The second-order valence-electron chi connectivity index (χ2n) is 18.6. The quantitative estimate of drug-likeness (QED) is 0.0357. The van der Waals surface area contributed by atoms with Crippen LogP contribution in [0.1, 0.15) is 49.4 Å². The van der Waals surface area contributed by atoms with Crippen molar-refractivity contribution in [3.63, 3.8) is 0 Å². The van der Waals surface area contributed by atoms with Crippen LogP contribution < -0.4 is 14.8 Å². The molecule has 1 heterocycles. The first kappa shape index (κ1) is 53.8. The smallest absolute Gasteiger partial charge is 0.338 e. The maximum Gasteiger partial charge on any atom is 0.338 e. The number of rotatable bonds is 23. The van der Waals surface area contributed by atoms with Crippen LogP contribution in [0.4, 0.5) is 0 Å². The van der Waals surface area contributed by atoms with Gasteiger partial charge in [0.05, 0.1) is 58.3 Å². The number of ether oxygens (including phenoxy) is 3. The molecule has 0 radical (unpaired) electrons. The van der Waals surface area contributed by atoms with Gasteiger partial charge in [0.25, 0.3) is 0 Å². The standard InChI is InChI=1S/C61H57N3O11S/c1-42-32-34-49(35-33-42)76(71,72)63-54(41-74-61(70)47-28-16-6-17-29-47)50(36-43-20-8-2-9-21-43)57(66)62-53(40-73-60(69)46-26-14-5-15-27-46)51(37-44-22-10-3-11-23-44)58(67)64-55(39-56(65)75-48-30-18-7-19-31-48)52(59(64)68)38-45-24-12-4-13-25-45/h2-35,50-55,63H,36-41H2,1H3,(H,62,66)/t50?,51?,52-,53?,54?,55+/m0/s1. The molecular formula is C61H57N3O11S. The van der Waals surface area contributed by atoms with Crippen LogP contribution in [0, 0.1) is 24.7 Å². The van der Waals surface area contributed by atoms with E-state index in [1.54, 1.807) is 159 Å². The summed E-state index contributed by atoms with van der Waals surface area (Å²) < 4.78 is 48.8. The lowest BCUT2D eigenvalue weighted by atomic mass is 9.78. The fourth-order valence-electron chi connectivity index (χ4n) is 9.18. The summed E-state index contributed by atoms with van der Waals surface area (Å²) in [5.74, 6) is -7.59. The fourth-order valence-corrected chi connectivity index (χ4v) is 10.4. The molecule has 15 heteroatoms. The van der Waals surface area contributed by atoms with Crippen LogP contribution in [-0.2, 0) is 57.9 Å². The second kappa shape index (κ2) is 25.6. The number of carbonyl (C=O) groups excluding carboxylic acids is 6. The molecule has 4 unspecified atom stereocenters. The molecule has 1 aliphatic rings. The number of esters is 3. The van der Waals surface area contributed by atoms with E-state index in [9.17, 15) is 27.6 Å². The number of benzene rings is 7. The number of hydrogen-bond donors (Lipinski definition) is 2. The predicted octanol–water partition coefficient (Wildman–Crippen LogP) is 8.15. The number of nitrogens with one attached hydrogen (secondary N) is 2. The molecule has 1 fully saturated rings. The predicted molar refractivity (Wildman–Crippen MR) is 284 cm³/mol. The highest BCUT2D eigenvalue weighted by Gasteiger charge is 2.53. The summed E-state index contributed by atoms with van der Waals surface area (Å²) in [7, 11) is -4.41. The third kappa shape index (κ3) is 14.2. The second-order valence-corrected chi connectivity index (χ2v) is 20.3. The number of likely N-dealkylation sites (tertiary alicyclic amines) is 1. The van der Waals surface area contributed by atoms with Gasteiger partial charge >= 0.3 is 17.9 Å². The average molecular weight is 1040 g/mol. The Morgan fingerprint density at radius 2 is 1.00 bits per heavy atom. The van der Waals surface area contributed by atoms with Crippen molar-refractivity contribution in [2.75, 3.05) is 13.2 Å². The van der Waals surface area contributed by atoms with Gasteiger partial charge in [0.1, 0.15) is 19.0 Å². The lowest BCUT2D eigenvalue weighted by Crippen LogP contribution is -2.67. The van der Waals surface area contributed by atoms with Gasteiger partial charge in [-0.3, -0.25) is 24.1 Å². The molecule has 14 nitrogen and oxygen atoms in total. The Bertz CT molecular complexity index is 3190. The lowest BCUT2D eigenvalue weighted by molar-refractivity contribution is -0.171. The molecule has 388 valence electrons. The van der Waals surface area contributed by atoms with Crippen LogP contribution in [0.15, 0.2) is 211 Å². The van der Waals surface area contributed by atoms with Crippen LogP contribution >= 0.6 is 0 Å². The zero-order chi connectivity index (χ0) is 53.4. The van der Waals surface area contributed by atoms with Gasteiger partial charge in [-0.2, -0.15) is 0 Å². The van der Waals surface area contributed by atoms with Crippen molar-refractivity contribution in [3.05, 3.63) is 240 Å². The van der Waals surface area contributed by atoms with Crippen molar-refractivity contribution in [2.45, 2.75) is 55.6 Å². The number of β-lactam (4-membered cyclic amide) rings is 1. The minimum Gasteiger partial charge on any atom is -0.460 e. The van der Waals surface area contributed by atoms with Crippen molar-refractivity contribution in [3.8, 4) is 5.75 Å². The molecule has 0 bridgehead atoms. The Balaban J connectivity index is 1.19. The molecule has 1 saturated heterocycles. The molecular weight excluding hydrogens is 983 g/mol. The van der Waals surface area contributed by atoms with E-state index in [1.165, 1.54) is 24.3 Å². The molecule has 0 spiro atoms. The zero-order valence-corrected chi connectivity index (χ0v) is 42.5. The highest BCUT2D eigenvalue weighted by Crippen LogP contribution is 2.36. The van der Waals surface area contributed by atoms with Gasteiger partial charge in [0.2, 0.25) is 27.7 Å². The van der Waals surface area contributed by atoms with Crippen molar-refractivity contribution < 1.29 is 51.4 Å². The van der Waals surface area contributed by atoms with Crippen LogP contribution in [0.3, 0.4) is 0 Å². The van der Waals surface area contributed by atoms with E-state index in [1.807, 2.05) is 30.3 Å². The van der Waals surface area contributed by atoms with Crippen molar-refractivity contribution in [2.24, 2.45) is 17.8 Å². The van der Waals surface area contributed by atoms with Gasteiger partial charge in [0, 0.05) is 0 Å². The third-order valence-electron chi connectivity index (χ3n) is 13.2. The molecule has 1 aliphatic heterocycles. The zero-order valence-electron chi connectivity index (χ0n) is 41.7. The molecule has 6 atom stereocenters. The summed E-state index contributed by atoms with van der Waals surface area (Å²) in [5, 5.41) is 2.99. The summed E-state index contributed by atoms with van der Waals surface area (Å²) in [6.45, 7) is 0.593. The van der Waals surface area contributed by atoms with Gasteiger partial charge in [-0.25, -0.2) is 22.7 Å². The van der Waals surface area contributed by atoms with Gasteiger partial charge in [-0.15, -0.1) is 0 Å².